The van der Waals surface area contributed by atoms with Crippen molar-refractivity contribution in [1.82, 2.24) is 4.98 Å². The average molecular weight is 391 g/mol. The number of benzene rings is 2. The first kappa shape index (κ1) is 19.5. The van der Waals surface area contributed by atoms with Crippen LogP contribution in [0.4, 0.5) is 5.69 Å². The van der Waals surface area contributed by atoms with Gasteiger partial charge in [-0.1, -0.05) is 0 Å². The topological polar surface area (TPSA) is 67.2 Å². The number of ether oxygens (including phenoxy) is 2. The predicted octanol–water partition coefficient (Wildman–Crippen LogP) is 5.58. The molecule has 0 aliphatic rings. The fourth-order valence-corrected chi connectivity index (χ4v) is 3.32. The summed E-state index contributed by atoms with van der Waals surface area (Å²) in [5.74, 6) is 1.65. The summed E-state index contributed by atoms with van der Waals surface area (Å²) in [7, 11) is 0. The summed E-state index contributed by atoms with van der Waals surface area (Å²) in [6, 6.07) is 17.6. The smallest absolute Gasteiger partial charge is 0.136 e. The van der Waals surface area contributed by atoms with E-state index in [1.54, 1.807) is 6.20 Å². The molecule has 0 saturated carbocycles. The molecule has 0 spiro atoms. The lowest BCUT2D eigenvalue weighted by Gasteiger charge is -2.05. The molecule has 28 heavy (non-hydrogen) atoms. The first-order chi connectivity index (χ1) is 13.7. The van der Waals surface area contributed by atoms with Crippen LogP contribution in [0.25, 0.3) is 16.8 Å². The first-order valence-corrected chi connectivity index (χ1v) is 9.90. The fourth-order valence-electron chi connectivity index (χ4n) is 2.53. The molecule has 142 valence electrons. The molecule has 6 heteroatoms. The van der Waals surface area contributed by atoms with Gasteiger partial charge in [-0.05, 0) is 62.4 Å². The Morgan fingerprint density at radius 2 is 1.64 bits per heavy atom. The highest BCUT2D eigenvalue weighted by Gasteiger charge is 2.09. The fraction of sp³-hybridized carbons (Fsp3) is 0.182. The summed E-state index contributed by atoms with van der Waals surface area (Å²) < 4.78 is 10.9. The van der Waals surface area contributed by atoms with Crippen LogP contribution in [0.3, 0.4) is 0 Å². The molecule has 3 aromatic rings. The number of anilines is 1. The molecule has 1 N–H and O–H groups in total. The Bertz CT molecular complexity index is 970. The highest BCUT2D eigenvalue weighted by atomic mass is 32.1. The molecule has 0 fully saturated rings. The van der Waals surface area contributed by atoms with E-state index >= 15 is 0 Å². The zero-order valence-electron chi connectivity index (χ0n) is 15.8. The number of allylic oxidation sites excluding steroid dienone is 1. The molecule has 0 amide bonds. The quantitative estimate of drug-likeness (QED) is 0.507. The van der Waals surface area contributed by atoms with E-state index in [2.05, 4.69) is 16.4 Å². The van der Waals surface area contributed by atoms with Crippen molar-refractivity contribution in [1.29, 1.82) is 5.26 Å². The summed E-state index contributed by atoms with van der Waals surface area (Å²) in [5.41, 5.74) is 3.18. The van der Waals surface area contributed by atoms with Gasteiger partial charge in [0.2, 0.25) is 0 Å². The molecule has 0 atom stereocenters. The van der Waals surface area contributed by atoms with Gasteiger partial charge in [0, 0.05) is 22.8 Å². The largest absolute Gasteiger partial charge is 0.494 e. The molecule has 5 nitrogen and oxygen atoms in total. The number of hydrogen-bond acceptors (Lipinski definition) is 6. The minimum absolute atomic E-state index is 0.482. The highest BCUT2D eigenvalue weighted by molar-refractivity contribution is 7.11. The van der Waals surface area contributed by atoms with E-state index in [1.807, 2.05) is 67.8 Å². The number of nitrogens with zero attached hydrogens (tertiary/aromatic N) is 2. The number of nitrogens with one attached hydrogen (secondary N) is 1. The molecule has 0 unspecified atom stereocenters. The van der Waals surface area contributed by atoms with E-state index in [0.29, 0.717) is 23.8 Å². The van der Waals surface area contributed by atoms with E-state index in [-0.39, 0.29) is 0 Å². The van der Waals surface area contributed by atoms with Crippen molar-refractivity contribution in [2.75, 3.05) is 18.5 Å². The van der Waals surface area contributed by atoms with Gasteiger partial charge < -0.3 is 14.8 Å². The van der Waals surface area contributed by atoms with Crippen molar-refractivity contribution in [3.63, 3.8) is 0 Å². The minimum Gasteiger partial charge on any atom is -0.494 e. The van der Waals surface area contributed by atoms with Crippen molar-refractivity contribution in [3.05, 3.63) is 65.1 Å². The standard InChI is InChI=1S/C22H21N3O2S/c1-3-26-19-9-5-16(6-10-19)21-15-28-22(25-21)17(13-23)14-24-18-7-11-20(12-8-18)27-4-2/h5-12,14-15,24H,3-4H2,1-2H3. The van der Waals surface area contributed by atoms with E-state index < -0.39 is 0 Å². The molecule has 1 aromatic heterocycles. The maximum atomic E-state index is 9.52. The van der Waals surface area contributed by atoms with Gasteiger partial charge in [0.25, 0.3) is 0 Å². The Balaban J connectivity index is 1.72. The third kappa shape index (κ3) is 4.90. The van der Waals surface area contributed by atoms with Crippen LogP contribution in [-0.2, 0) is 0 Å². The summed E-state index contributed by atoms with van der Waals surface area (Å²) in [5, 5.41) is 15.3. The number of nitriles is 1. The van der Waals surface area contributed by atoms with Gasteiger partial charge in [-0.2, -0.15) is 5.26 Å². The van der Waals surface area contributed by atoms with Crippen LogP contribution < -0.4 is 14.8 Å². The maximum absolute atomic E-state index is 9.52. The summed E-state index contributed by atoms with van der Waals surface area (Å²) in [6.07, 6.45) is 1.68. The maximum Gasteiger partial charge on any atom is 0.136 e. The van der Waals surface area contributed by atoms with Crippen LogP contribution in [0.2, 0.25) is 0 Å². The lowest BCUT2D eigenvalue weighted by molar-refractivity contribution is 0.340. The molecule has 0 aliphatic carbocycles. The molecule has 0 aliphatic heterocycles. The van der Waals surface area contributed by atoms with Crippen LogP contribution in [0.5, 0.6) is 11.5 Å². The molecule has 0 radical (unpaired) electrons. The SMILES string of the molecule is CCOc1ccc(NC=C(C#N)c2nc(-c3ccc(OCC)cc3)cs2)cc1. The van der Waals surface area contributed by atoms with Gasteiger partial charge in [-0.3, -0.25) is 0 Å². The zero-order valence-corrected chi connectivity index (χ0v) is 16.6. The number of hydrogen-bond donors (Lipinski definition) is 1. The Morgan fingerprint density at radius 1 is 1.04 bits per heavy atom. The van der Waals surface area contributed by atoms with Gasteiger partial charge >= 0.3 is 0 Å². The molecular formula is C22H21N3O2S. The first-order valence-electron chi connectivity index (χ1n) is 9.02. The average Bonchev–Trinajstić information content (AvgIpc) is 3.21. The van der Waals surface area contributed by atoms with Crippen molar-refractivity contribution >= 4 is 22.6 Å². The molecule has 0 saturated heterocycles. The second-order valence-corrected chi connectivity index (χ2v) is 6.62. The summed E-state index contributed by atoms with van der Waals surface area (Å²) in [4.78, 5) is 4.60. The molecule has 1 heterocycles. The Kier molecular flexibility index (Phi) is 6.66. The zero-order chi connectivity index (χ0) is 19.8. The lowest BCUT2D eigenvalue weighted by Crippen LogP contribution is -1.93. The van der Waals surface area contributed by atoms with Crippen LogP contribution in [0, 0.1) is 11.3 Å². The van der Waals surface area contributed by atoms with E-state index in [4.69, 9.17) is 9.47 Å². The predicted molar refractivity (Wildman–Crippen MR) is 114 cm³/mol. The van der Waals surface area contributed by atoms with Gasteiger partial charge in [0.15, 0.2) is 0 Å². The number of rotatable bonds is 8. The third-order valence-corrected chi connectivity index (χ3v) is 4.74. The van der Waals surface area contributed by atoms with Crippen LogP contribution in [-0.4, -0.2) is 18.2 Å². The van der Waals surface area contributed by atoms with Gasteiger partial charge in [-0.15, -0.1) is 11.3 Å². The molecule has 0 bridgehead atoms. The van der Waals surface area contributed by atoms with Crippen molar-refractivity contribution in [2.45, 2.75) is 13.8 Å². The number of thiazole rings is 1. The lowest BCUT2D eigenvalue weighted by atomic mass is 10.2. The Labute approximate surface area is 168 Å². The summed E-state index contributed by atoms with van der Waals surface area (Å²) >= 11 is 1.44. The van der Waals surface area contributed by atoms with Gasteiger partial charge in [0.1, 0.15) is 28.1 Å². The Morgan fingerprint density at radius 3 is 2.21 bits per heavy atom. The van der Waals surface area contributed by atoms with E-state index in [1.165, 1.54) is 11.3 Å². The van der Waals surface area contributed by atoms with Gasteiger partial charge in [-0.25, -0.2) is 4.98 Å². The van der Waals surface area contributed by atoms with Gasteiger partial charge in [0.05, 0.1) is 18.9 Å². The second-order valence-electron chi connectivity index (χ2n) is 5.77. The highest BCUT2D eigenvalue weighted by Crippen LogP contribution is 2.27. The minimum atomic E-state index is 0.482. The second kappa shape index (κ2) is 9.58. The normalized spacial score (nSPS) is 11.0. The Hall–Kier alpha value is -3.30. The molecule has 3 rings (SSSR count). The third-order valence-electron chi connectivity index (χ3n) is 3.86. The van der Waals surface area contributed by atoms with Crippen LogP contribution in [0.15, 0.2) is 60.1 Å². The van der Waals surface area contributed by atoms with E-state index in [9.17, 15) is 5.26 Å². The summed E-state index contributed by atoms with van der Waals surface area (Å²) in [6.45, 7) is 5.17. The van der Waals surface area contributed by atoms with E-state index in [0.717, 1.165) is 28.4 Å². The molecular weight excluding hydrogens is 370 g/mol. The molecule has 2 aromatic carbocycles. The monoisotopic (exact) mass is 391 g/mol. The van der Waals surface area contributed by atoms with Crippen molar-refractivity contribution < 1.29 is 9.47 Å². The van der Waals surface area contributed by atoms with Crippen molar-refractivity contribution in [3.8, 4) is 28.8 Å². The van der Waals surface area contributed by atoms with Crippen molar-refractivity contribution in [2.24, 2.45) is 0 Å². The van der Waals surface area contributed by atoms with Crippen LogP contribution in [0.1, 0.15) is 18.9 Å². The number of aromatic nitrogens is 1. The van der Waals surface area contributed by atoms with Crippen LogP contribution >= 0.6 is 11.3 Å².